The number of nitro groups is 1. The van der Waals surface area contributed by atoms with Crippen molar-refractivity contribution >= 4 is 17.5 Å². The van der Waals surface area contributed by atoms with E-state index in [1.54, 1.807) is 19.2 Å². The minimum absolute atomic E-state index is 0.0745. The summed E-state index contributed by atoms with van der Waals surface area (Å²) in [7, 11) is 0. The molecule has 0 saturated carbocycles. The molecule has 0 bridgehead atoms. The molecular weight excluding hydrogens is 300 g/mol. The molecule has 1 aromatic carbocycles. The number of fused-ring (bicyclic) bond motifs is 1. The maximum absolute atomic E-state index is 11.6. The number of aryl methyl sites for hydroxylation is 1. The Labute approximate surface area is 130 Å². The zero-order valence-corrected chi connectivity index (χ0v) is 12.1. The molecule has 2 N–H and O–H groups in total. The molecule has 2 aromatic rings. The molecule has 0 spiro atoms. The van der Waals surface area contributed by atoms with Crippen LogP contribution >= 0.6 is 0 Å². The summed E-state index contributed by atoms with van der Waals surface area (Å²) in [6.07, 6.45) is 2.91. The van der Waals surface area contributed by atoms with Gasteiger partial charge < -0.3 is 10.4 Å². The van der Waals surface area contributed by atoms with Crippen molar-refractivity contribution in [3.63, 3.8) is 0 Å². The van der Waals surface area contributed by atoms with Crippen LogP contribution in [0.3, 0.4) is 0 Å². The Bertz CT molecular complexity index is 847. The normalized spacial score (nSPS) is 16.0. The van der Waals surface area contributed by atoms with Gasteiger partial charge in [-0.15, -0.1) is 0 Å². The van der Waals surface area contributed by atoms with E-state index < -0.39 is 16.8 Å². The Balaban J connectivity index is 2.18. The average Bonchev–Trinajstić information content (AvgIpc) is 2.53. The van der Waals surface area contributed by atoms with E-state index in [0.717, 1.165) is 0 Å². The monoisotopic (exact) mass is 312 g/mol. The minimum Gasteiger partial charge on any atom is -0.478 e. The number of rotatable bonds is 3. The molecule has 2 heterocycles. The van der Waals surface area contributed by atoms with Gasteiger partial charge in [0.2, 0.25) is 0 Å². The molecule has 1 aliphatic rings. The van der Waals surface area contributed by atoms with E-state index in [1.807, 2.05) is 0 Å². The first-order chi connectivity index (χ1) is 11.0. The lowest BCUT2D eigenvalue weighted by Gasteiger charge is -2.25. The number of aromatic nitrogens is 2. The van der Waals surface area contributed by atoms with E-state index >= 15 is 0 Å². The zero-order chi connectivity index (χ0) is 16.6. The summed E-state index contributed by atoms with van der Waals surface area (Å²) in [6, 6.07) is 5.92. The van der Waals surface area contributed by atoms with Crippen molar-refractivity contribution in [1.82, 2.24) is 9.97 Å². The first kappa shape index (κ1) is 14.6. The van der Waals surface area contributed by atoms with Crippen LogP contribution in [0.5, 0.6) is 0 Å². The quantitative estimate of drug-likeness (QED) is 0.658. The first-order valence-corrected chi connectivity index (χ1v) is 6.75. The molecule has 0 amide bonds. The molecule has 8 heteroatoms. The molecule has 3 rings (SSSR count). The van der Waals surface area contributed by atoms with Gasteiger partial charge in [-0.25, -0.2) is 14.8 Å². The van der Waals surface area contributed by atoms with Gasteiger partial charge in [-0.05, 0) is 12.5 Å². The highest BCUT2D eigenvalue weighted by molar-refractivity contribution is 5.91. The maximum atomic E-state index is 11.6. The number of nitro benzene ring substituents is 1. The number of nitrogens with zero attached hydrogens (tertiary/aromatic N) is 3. The number of hydrogen-bond donors (Lipinski definition) is 2. The molecule has 1 aromatic heterocycles. The summed E-state index contributed by atoms with van der Waals surface area (Å²) in [5.41, 5.74) is 1.05. The number of non-ortho nitro benzene ring substituents is 1. The number of carboxylic acid groups (broad SMARTS) is 1. The Morgan fingerprint density at radius 2 is 2.22 bits per heavy atom. The lowest BCUT2D eigenvalue weighted by Crippen LogP contribution is -2.20. The fourth-order valence-corrected chi connectivity index (χ4v) is 2.57. The van der Waals surface area contributed by atoms with Crippen LogP contribution in [0.15, 0.2) is 42.2 Å². The smallest absolute Gasteiger partial charge is 0.334 e. The van der Waals surface area contributed by atoms with E-state index in [1.165, 1.54) is 24.4 Å². The van der Waals surface area contributed by atoms with Crippen LogP contribution in [0.1, 0.15) is 22.9 Å². The van der Waals surface area contributed by atoms with Crippen LogP contribution in [0.4, 0.5) is 11.5 Å². The second-order valence-electron chi connectivity index (χ2n) is 5.06. The van der Waals surface area contributed by atoms with Gasteiger partial charge >= 0.3 is 5.97 Å². The van der Waals surface area contributed by atoms with Gasteiger partial charge in [0, 0.05) is 36.0 Å². The standard InChI is InChI=1S/C15H12N4O4/c1-8-16-6-11-13(9-3-2-4-10(5-9)19(22)23)12(15(20)21)7-17-14(11)18-8/h2-7,13H,1H3,(H,20,21)(H,16,17,18). The predicted molar refractivity (Wildman–Crippen MR) is 81.0 cm³/mol. The number of aliphatic carboxylic acids is 1. The average molecular weight is 312 g/mol. The molecule has 116 valence electrons. The molecule has 0 aliphatic carbocycles. The van der Waals surface area contributed by atoms with Crippen LogP contribution in [0, 0.1) is 17.0 Å². The zero-order valence-electron chi connectivity index (χ0n) is 12.1. The maximum Gasteiger partial charge on any atom is 0.334 e. The van der Waals surface area contributed by atoms with Gasteiger partial charge in [0.05, 0.1) is 10.5 Å². The van der Waals surface area contributed by atoms with Gasteiger partial charge in [0.1, 0.15) is 11.6 Å². The number of carbonyl (C=O) groups is 1. The summed E-state index contributed by atoms with van der Waals surface area (Å²) in [5.74, 6) is -0.746. The number of benzene rings is 1. The third-order valence-electron chi connectivity index (χ3n) is 3.59. The Morgan fingerprint density at radius 1 is 1.43 bits per heavy atom. The first-order valence-electron chi connectivity index (χ1n) is 6.75. The summed E-state index contributed by atoms with van der Waals surface area (Å²) in [5, 5.41) is 23.3. The second kappa shape index (κ2) is 5.48. The Kier molecular flexibility index (Phi) is 3.49. The van der Waals surface area contributed by atoms with Gasteiger partial charge in [0.25, 0.3) is 5.69 Å². The molecule has 0 radical (unpaired) electrons. The summed E-state index contributed by atoms with van der Waals surface area (Å²) < 4.78 is 0. The molecule has 8 nitrogen and oxygen atoms in total. The molecule has 0 saturated heterocycles. The summed E-state index contributed by atoms with van der Waals surface area (Å²) >= 11 is 0. The van der Waals surface area contributed by atoms with Crippen LogP contribution in [-0.4, -0.2) is 26.0 Å². The van der Waals surface area contributed by atoms with Crippen LogP contribution < -0.4 is 5.32 Å². The van der Waals surface area contributed by atoms with Gasteiger partial charge in [-0.3, -0.25) is 10.1 Å². The van der Waals surface area contributed by atoms with E-state index in [2.05, 4.69) is 15.3 Å². The molecule has 1 unspecified atom stereocenters. The van der Waals surface area contributed by atoms with Gasteiger partial charge in [-0.1, -0.05) is 12.1 Å². The van der Waals surface area contributed by atoms with Gasteiger partial charge in [-0.2, -0.15) is 0 Å². The number of anilines is 1. The molecule has 1 aliphatic heterocycles. The highest BCUT2D eigenvalue weighted by Gasteiger charge is 2.31. The van der Waals surface area contributed by atoms with Crippen molar-refractivity contribution in [1.29, 1.82) is 0 Å². The topological polar surface area (TPSA) is 118 Å². The van der Waals surface area contributed by atoms with E-state index in [-0.39, 0.29) is 11.3 Å². The molecule has 23 heavy (non-hydrogen) atoms. The third kappa shape index (κ3) is 2.61. The van der Waals surface area contributed by atoms with Crippen molar-refractivity contribution in [2.75, 3.05) is 5.32 Å². The number of carboxylic acids is 1. The highest BCUT2D eigenvalue weighted by Crippen LogP contribution is 2.39. The second-order valence-corrected chi connectivity index (χ2v) is 5.06. The van der Waals surface area contributed by atoms with E-state index in [4.69, 9.17) is 0 Å². The lowest BCUT2D eigenvalue weighted by atomic mass is 9.84. The largest absolute Gasteiger partial charge is 0.478 e. The molecule has 0 fully saturated rings. The fourth-order valence-electron chi connectivity index (χ4n) is 2.57. The van der Waals surface area contributed by atoms with Crippen molar-refractivity contribution in [3.05, 3.63) is 69.3 Å². The third-order valence-corrected chi connectivity index (χ3v) is 3.59. The predicted octanol–water partition coefficient (Wildman–Crippen LogP) is 2.22. The van der Waals surface area contributed by atoms with Gasteiger partial charge in [0.15, 0.2) is 0 Å². The van der Waals surface area contributed by atoms with Crippen molar-refractivity contribution in [2.24, 2.45) is 0 Å². The molecular formula is C15H12N4O4. The van der Waals surface area contributed by atoms with E-state index in [9.17, 15) is 20.0 Å². The molecule has 1 atom stereocenters. The Hall–Kier alpha value is -3.29. The van der Waals surface area contributed by atoms with Crippen LogP contribution in [-0.2, 0) is 4.79 Å². The SMILES string of the molecule is Cc1ncc2c(n1)NC=C(C(=O)O)C2c1cccc([N+](=O)[O-])c1. The number of hydrogen-bond acceptors (Lipinski definition) is 6. The highest BCUT2D eigenvalue weighted by atomic mass is 16.6. The van der Waals surface area contributed by atoms with Crippen molar-refractivity contribution in [3.8, 4) is 0 Å². The minimum atomic E-state index is -1.11. The summed E-state index contributed by atoms with van der Waals surface area (Å²) in [6.45, 7) is 1.72. The van der Waals surface area contributed by atoms with Crippen LogP contribution in [0.25, 0.3) is 0 Å². The van der Waals surface area contributed by atoms with Crippen molar-refractivity contribution < 1.29 is 14.8 Å². The summed E-state index contributed by atoms with van der Waals surface area (Å²) in [4.78, 5) is 30.4. The van der Waals surface area contributed by atoms with Crippen molar-refractivity contribution in [2.45, 2.75) is 12.8 Å². The fraction of sp³-hybridized carbons (Fsp3) is 0.133. The van der Waals surface area contributed by atoms with Crippen LogP contribution in [0.2, 0.25) is 0 Å². The lowest BCUT2D eigenvalue weighted by molar-refractivity contribution is -0.384. The van der Waals surface area contributed by atoms with E-state index in [0.29, 0.717) is 22.8 Å². The number of nitrogens with one attached hydrogen (secondary N) is 1. The Morgan fingerprint density at radius 3 is 2.91 bits per heavy atom.